The molecule has 2 N–H and O–H groups in total. The lowest BCUT2D eigenvalue weighted by Gasteiger charge is -2.05. The summed E-state index contributed by atoms with van der Waals surface area (Å²) in [6.07, 6.45) is 4.44. The highest BCUT2D eigenvalue weighted by Crippen LogP contribution is 2.27. The number of hydrogen-bond donors (Lipinski definition) is 2. The zero-order valence-corrected chi connectivity index (χ0v) is 11.4. The largest absolute Gasteiger partial charge is 0.368 e. The van der Waals surface area contributed by atoms with E-state index in [4.69, 9.17) is 11.6 Å². The van der Waals surface area contributed by atoms with Gasteiger partial charge in [-0.2, -0.15) is 0 Å². The Morgan fingerprint density at radius 1 is 1.35 bits per heavy atom. The second kappa shape index (κ2) is 5.05. The summed E-state index contributed by atoms with van der Waals surface area (Å²) in [4.78, 5) is 15.4. The molecule has 0 radical (unpaired) electrons. The zero-order valence-electron chi connectivity index (χ0n) is 10.6. The Balaban J connectivity index is 2.15. The second-order valence-corrected chi connectivity index (χ2v) is 4.61. The van der Waals surface area contributed by atoms with Crippen molar-refractivity contribution in [2.45, 2.75) is 6.92 Å². The van der Waals surface area contributed by atoms with Crippen molar-refractivity contribution >= 4 is 28.5 Å². The number of fused-ring (bicyclic) bond motifs is 1. The van der Waals surface area contributed by atoms with Crippen LogP contribution in [0, 0.1) is 5.82 Å². The maximum Gasteiger partial charge on any atom is 0.183 e. The van der Waals surface area contributed by atoms with Crippen molar-refractivity contribution in [2.24, 2.45) is 0 Å². The maximum atomic E-state index is 13.5. The number of aromatic nitrogens is 4. The number of H-pyrrole nitrogens is 1. The van der Waals surface area contributed by atoms with Crippen LogP contribution in [0.4, 0.5) is 10.2 Å². The molecule has 0 bridgehead atoms. The highest BCUT2D eigenvalue weighted by molar-refractivity contribution is 6.31. The van der Waals surface area contributed by atoms with E-state index in [1.807, 2.05) is 6.92 Å². The third-order valence-corrected chi connectivity index (χ3v) is 3.03. The van der Waals surface area contributed by atoms with E-state index >= 15 is 0 Å². The monoisotopic (exact) mass is 291 g/mol. The van der Waals surface area contributed by atoms with Crippen LogP contribution in [0.5, 0.6) is 0 Å². The number of anilines is 1. The van der Waals surface area contributed by atoms with E-state index in [2.05, 4.69) is 25.3 Å². The van der Waals surface area contributed by atoms with Gasteiger partial charge < -0.3 is 10.3 Å². The molecule has 102 valence electrons. The average Bonchev–Trinajstić information content (AvgIpc) is 2.84. The van der Waals surface area contributed by atoms with Crippen molar-refractivity contribution in [3.8, 4) is 11.4 Å². The Labute approximate surface area is 119 Å². The minimum atomic E-state index is -0.480. The van der Waals surface area contributed by atoms with Crippen LogP contribution in [0.1, 0.15) is 6.92 Å². The van der Waals surface area contributed by atoms with E-state index in [1.165, 1.54) is 0 Å². The SMILES string of the molecule is CCNc1nc(-c2c[nH]c3ncc(Cl)cc23)ncc1F. The molecule has 3 aromatic rings. The summed E-state index contributed by atoms with van der Waals surface area (Å²) < 4.78 is 13.5. The first-order chi connectivity index (χ1) is 9.69. The highest BCUT2D eigenvalue weighted by Gasteiger charge is 2.13. The number of nitrogens with one attached hydrogen (secondary N) is 2. The van der Waals surface area contributed by atoms with Crippen molar-refractivity contribution in [1.29, 1.82) is 0 Å². The summed E-state index contributed by atoms with van der Waals surface area (Å²) >= 11 is 5.95. The third kappa shape index (κ3) is 2.18. The Kier molecular flexibility index (Phi) is 3.23. The van der Waals surface area contributed by atoms with Crippen LogP contribution < -0.4 is 5.32 Å². The van der Waals surface area contributed by atoms with Gasteiger partial charge in [0.1, 0.15) is 5.65 Å². The van der Waals surface area contributed by atoms with E-state index < -0.39 is 5.82 Å². The van der Waals surface area contributed by atoms with E-state index in [0.29, 0.717) is 23.0 Å². The maximum absolute atomic E-state index is 13.5. The van der Waals surface area contributed by atoms with Crippen LogP contribution in [0.2, 0.25) is 5.02 Å². The van der Waals surface area contributed by atoms with Gasteiger partial charge in [0.2, 0.25) is 0 Å². The van der Waals surface area contributed by atoms with Gasteiger partial charge in [-0.1, -0.05) is 11.6 Å². The molecule has 0 amide bonds. The molecule has 0 saturated heterocycles. The summed E-state index contributed by atoms with van der Waals surface area (Å²) in [5.74, 6) is 0.117. The standard InChI is InChI=1S/C13H11ClFN5/c1-2-16-13-10(15)6-19-12(20-13)9-5-18-11-8(9)3-7(14)4-17-11/h3-6H,2H2,1H3,(H,17,18)(H,16,19,20). The fourth-order valence-electron chi connectivity index (χ4n) is 1.95. The molecule has 7 heteroatoms. The fraction of sp³-hybridized carbons (Fsp3) is 0.154. The number of pyridine rings is 1. The zero-order chi connectivity index (χ0) is 14.1. The first kappa shape index (κ1) is 12.8. The van der Waals surface area contributed by atoms with Gasteiger partial charge in [0, 0.05) is 29.9 Å². The first-order valence-corrected chi connectivity index (χ1v) is 6.46. The van der Waals surface area contributed by atoms with Gasteiger partial charge in [0.25, 0.3) is 0 Å². The topological polar surface area (TPSA) is 66.5 Å². The van der Waals surface area contributed by atoms with E-state index in [0.717, 1.165) is 17.1 Å². The molecule has 0 atom stereocenters. The number of rotatable bonds is 3. The number of nitrogens with zero attached hydrogens (tertiary/aromatic N) is 3. The first-order valence-electron chi connectivity index (χ1n) is 6.08. The summed E-state index contributed by atoms with van der Waals surface area (Å²) in [5, 5.41) is 4.18. The molecule has 3 rings (SSSR count). The predicted octanol–water partition coefficient (Wildman–Crippen LogP) is 3.24. The summed E-state index contributed by atoms with van der Waals surface area (Å²) in [6, 6.07) is 1.77. The third-order valence-electron chi connectivity index (χ3n) is 2.83. The van der Waals surface area contributed by atoms with Crippen LogP contribution in [0.25, 0.3) is 22.4 Å². The Hall–Kier alpha value is -2.21. The second-order valence-electron chi connectivity index (χ2n) is 4.17. The van der Waals surface area contributed by atoms with E-state index in [9.17, 15) is 4.39 Å². The normalized spacial score (nSPS) is 10.9. The molecule has 5 nitrogen and oxygen atoms in total. The lowest BCUT2D eigenvalue weighted by atomic mass is 10.2. The number of halogens is 2. The van der Waals surface area contributed by atoms with Crippen molar-refractivity contribution < 1.29 is 4.39 Å². The Morgan fingerprint density at radius 3 is 3.00 bits per heavy atom. The van der Waals surface area contributed by atoms with Crippen molar-refractivity contribution in [3.63, 3.8) is 0 Å². The van der Waals surface area contributed by atoms with Crippen LogP contribution in [-0.4, -0.2) is 26.5 Å². The number of hydrogen-bond acceptors (Lipinski definition) is 4. The molecular weight excluding hydrogens is 281 g/mol. The average molecular weight is 292 g/mol. The molecule has 3 heterocycles. The Bertz CT molecular complexity index is 771. The van der Waals surface area contributed by atoms with Gasteiger partial charge in [0.15, 0.2) is 17.5 Å². The Morgan fingerprint density at radius 2 is 2.20 bits per heavy atom. The van der Waals surface area contributed by atoms with Gasteiger partial charge >= 0.3 is 0 Å². The van der Waals surface area contributed by atoms with Gasteiger partial charge in [-0.25, -0.2) is 19.3 Å². The minimum absolute atomic E-state index is 0.182. The lowest BCUT2D eigenvalue weighted by molar-refractivity contribution is 0.618. The molecule has 20 heavy (non-hydrogen) atoms. The molecule has 0 fully saturated rings. The molecule has 0 spiro atoms. The molecule has 0 aromatic carbocycles. The van der Waals surface area contributed by atoms with E-state index in [-0.39, 0.29) is 5.82 Å². The molecule has 3 aromatic heterocycles. The minimum Gasteiger partial charge on any atom is -0.368 e. The van der Waals surface area contributed by atoms with Crippen LogP contribution >= 0.6 is 11.6 Å². The number of aromatic amines is 1. The highest BCUT2D eigenvalue weighted by atomic mass is 35.5. The molecule has 0 saturated carbocycles. The fourth-order valence-corrected chi connectivity index (χ4v) is 2.11. The van der Waals surface area contributed by atoms with Crippen LogP contribution in [-0.2, 0) is 0 Å². The molecule has 0 aliphatic carbocycles. The van der Waals surface area contributed by atoms with Crippen LogP contribution in [0.15, 0.2) is 24.7 Å². The lowest BCUT2D eigenvalue weighted by Crippen LogP contribution is -2.04. The van der Waals surface area contributed by atoms with Crippen molar-refractivity contribution in [3.05, 3.63) is 35.5 Å². The summed E-state index contributed by atoms with van der Waals surface area (Å²) in [7, 11) is 0. The smallest absolute Gasteiger partial charge is 0.183 e. The van der Waals surface area contributed by atoms with Gasteiger partial charge in [-0.05, 0) is 13.0 Å². The molecular formula is C13H11ClFN5. The van der Waals surface area contributed by atoms with Gasteiger partial charge in [0.05, 0.1) is 11.2 Å². The molecule has 0 aliphatic heterocycles. The quantitative estimate of drug-likeness (QED) is 0.777. The van der Waals surface area contributed by atoms with E-state index in [1.54, 1.807) is 18.5 Å². The van der Waals surface area contributed by atoms with Gasteiger partial charge in [-0.15, -0.1) is 0 Å². The summed E-state index contributed by atoms with van der Waals surface area (Å²) in [6.45, 7) is 2.45. The molecule has 0 aliphatic rings. The summed E-state index contributed by atoms with van der Waals surface area (Å²) in [5.41, 5.74) is 1.41. The van der Waals surface area contributed by atoms with Crippen LogP contribution in [0.3, 0.4) is 0 Å². The van der Waals surface area contributed by atoms with Crippen molar-refractivity contribution in [2.75, 3.05) is 11.9 Å². The van der Waals surface area contributed by atoms with Gasteiger partial charge in [-0.3, -0.25) is 0 Å². The predicted molar refractivity (Wildman–Crippen MR) is 76.3 cm³/mol. The van der Waals surface area contributed by atoms with Crippen molar-refractivity contribution in [1.82, 2.24) is 19.9 Å². The molecule has 0 unspecified atom stereocenters.